The van der Waals surface area contributed by atoms with Gasteiger partial charge in [0, 0.05) is 30.1 Å². The first-order valence-electron chi connectivity index (χ1n) is 5.41. The maximum atomic E-state index is 11.6. The molecule has 0 fully saturated rings. The zero-order chi connectivity index (χ0) is 11.8. The van der Waals surface area contributed by atoms with E-state index in [1.165, 1.54) is 6.92 Å². The number of rotatable bonds is 1. The van der Waals surface area contributed by atoms with Gasteiger partial charge in [-0.05, 0) is 17.5 Å². The van der Waals surface area contributed by atoms with E-state index in [1.54, 1.807) is 12.4 Å². The van der Waals surface area contributed by atoms with Crippen LogP contribution < -0.4 is 0 Å². The van der Waals surface area contributed by atoms with Crippen molar-refractivity contribution in [2.24, 2.45) is 0 Å². The Labute approximate surface area is 98.1 Å². The van der Waals surface area contributed by atoms with Crippen LogP contribution in [-0.2, 0) is 0 Å². The summed E-state index contributed by atoms with van der Waals surface area (Å²) in [5, 5.41) is 2.89. The molecule has 0 unspecified atom stereocenters. The van der Waals surface area contributed by atoms with Crippen LogP contribution in [-0.4, -0.2) is 15.8 Å². The first-order chi connectivity index (χ1) is 8.27. The summed E-state index contributed by atoms with van der Waals surface area (Å²) in [7, 11) is 0. The molecule has 3 nitrogen and oxygen atoms in total. The Hall–Kier alpha value is -2.29. The van der Waals surface area contributed by atoms with Gasteiger partial charge in [0.1, 0.15) is 5.69 Å². The molecule has 0 radical (unpaired) electrons. The molecular weight excluding hydrogens is 212 g/mol. The number of para-hydroxylation sites is 1. The molecule has 3 heteroatoms. The molecule has 0 saturated carbocycles. The third-order valence-corrected chi connectivity index (χ3v) is 2.84. The maximum absolute atomic E-state index is 11.6. The highest BCUT2D eigenvalue weighted by molar-refractivity contribution is 6.13. The van der Waals surface area contributed by atoms with Gasteiger partial charge in [0.05, 0.1) is 5.52 Å². The standard InChI is InChI=1S/C14H10N2O/c1-9(17)14-12-8-15-7-6-10(12)11-4-2-3-5-13(11)16-14/h2-8H,1H3. The highest BCUT2D eigenvalue weighted by Crippen LogP contribution is 2.25. The number of Topliss-reactive ketones (excluding diaryl/α,β-unsaturated/α-hetero) is 1. The van der Waals surface area contributed by atoms with E-state index < -0.39 is 0 Å². The van der Waals surface area contributed by atoms with Gasteiger partial charge >= 0.3 is 0 Å². The second-order valence-electron chi connectivity index (χ2n) is 3.96. The number of fused-ring (bicyclic) bond motifs is 3. The van der Waals surface area contributed by atoms with Crippen molar-refractivity contribution in [3.05, 3.63) is 48.4 Å². The van der Waals surface area contributed by atoms with Crippen molar-refractivity contribution in [1.29, 1.82) is 0 Å². The van der Waals surface area contributed by atoms with Crippen molar-refractivity contribution in [2.75, 3.05) is 0 Å². The van der Waals surface area contributed by atoms with E-state index in [1.807, 2.05) is 30.3 Å². The summed E-state index contributed by atoms with van der Waals surface area (Å²) in [5.41, 5.74) is 1.34. The van der Waals surface area contributed by atoms with Crippen LogP contribution in [0.3, 0.4) is 0 Å². The second-order valence-corrected chi connectivity index (χ2v) is 3.96. The fourth-order valence-electron chi connectivity index (χ4n) is 2.07. The molecule has 0 bridgehead atoms. The Morgan fingerprint density at radius 3 is 2.71 bits per heavy atom. The maximum Gasteiger partial charge on any atom is 0.178 e. The van der Waals surface area contributed by atoms with Gasteiger partial charge in [-0.15, -0.1) is 0 Å². The van der Waals surface area contributed by atoms with Crippen LogP contribution in [0.4, 0.5) is 0 Å². The average molecular weight is 222 g/mol. The van der Waals surface area contributed by atoms with Gasteiger partial charge in [-0.1, -0.05) is 18.2 Å². The molecule has 3 aromatic rings. The van der Waals surface area contributed by atoms with Crippen molar-refractivity contribution in [3.8, 4) is 0 Å². The minimum Gasteiger partial charge on any atom is -0.293 e. The fraction of sp³-hybridized carbons (Fsp3) is 0.0714. The Balaban J connectivity index is 2.59. The Kier molecular flexibility index (Phi) is 2.11. The Bertz CT molecular complexity index is 734. The van der Waals surface area contributed by atoms with Gasteiger partial charge in [0.2, 0.25) is 0 Å². The number of carbonyl (C=O) groups is 1. The topological polar surface area (TPSA) is 42.9 Å². The Morgan fingerprint density at radius 1 is 1.06 bits per heavy atom. The molecular formula is C14H10N2O. The first-order valence-corrected chi connectivity index (χ1v) is 5.41. The van der Waals surface area contributed by atoms with Crippen LogP contribution in [0.25, 0.3) is 21.7 Å². The van der Waals surface area contributed by atoms with Crippen LogP contribution in [0.5, 0.6) is 0 Å². The summed E-state index contributed by atoms with van der Waals surface area (Å²) in [5.74, 6) is -0.0336. The minimum absolute atomic E-state index is 0.0336. The zero-order valence-electron chi connectivity index (χ0n) is 9.34. The summed E-state index contributed by atoms with van der Waals surface area (Å²) in [6, 6.07) is 9.74. The smallest absolute Gasteiger partial charge is 0.178 e. The lowest BCUT2D eigenvalue weighted by Crippen LogP contribution is -1.99. The second kappa shape index (κ2) is 3.63. The van der Waals surface area contributed by atoms with Crippen molar-refractivity contribution in [2.45, 2.75) is 6.92 Å². The SMILES string of the molecule is CC(=O)c1nc2ccccc2c2ccncc12. The third kappa shape index (κ3) is 1.47. The lowest BCUT2D eigenvalue weighted by atomic mass is 10.0. The summed E-state index contributed by atoms with van der Waals surface area (Å²) in [6.45, 7) is 1.53. The van der Waals surface area contributed by atoms with Crippen LogP contribution in [0.1, 0.15) is 17.4 Å². The van der Waals surface area contributed by atoms with E-state index >= 15 is 0 Å². The number of pyridine rings is 2. The summed E-state index contributed by atoms with van der Waals surface area (Å²) < 4.78 is 0. The quantitative estimate of drug-likeness (QED) is 0.469. The number of hydrogen-bond acceptors (Lipinski definition) is 3. The summed E-state index contributed by atoms with van der Waals surface area (Å²) in [6.07, 6.45) is 3.43. The molecule has 2 heterocycles. The van der Waals surface area contributed by atoms with Crippen molar-refractivity contribution >= 4 is 27.5 Å². The minimum atomic E-state index is -0.0336. The lowest BCUT2D eigenvalue weighted by molar-refractivity contribution is 0.101. The predicted octanol–water partition coefficient (Wildman–Crippen LogP) is 2.99. The van der Waals surface area contributed by atoms with E-state index in [0.29, 0.717) is 5.69 Å². The largest absolute Gasteiger partial charge is 0.293 e. The molecule has 0 amide bonds. The fourth-order valence-corrected chi connectivity index (χ4v) is 2.07. The molecule has 0 aliphatic rings. The molecule has 0 saturated heterocycles. The number of ketones is 1. The van der Waals surface area contributed by atoms with Crippen LogP contribution >= 0.6 is 0 Å². The zero-order valence-corrected chi connectivity index (χ0v) is 9.34. The van der Waals surface area contributed by atoms with E-state index in [-0.39, 0.29) is 5.78 Å². The summed E-state index contributed by atoms with van der Waals surface area (Å²) in [4.78, 5) is 20.1. The highest BCUT2D eigenvalue weighted by atomic mass is 16.1. The molecule has 0 N–H and O–H groups in total. The van der Waals surface area contributed by atoms with Gasteiger partial charge in [0.25, 0.3) is 0 Å². The highest BCUT2D eigenvalue weighted by Gasteiger charge is 2.10. The van der Waals surface area contributed by atoms with E-state index in [0.717, 1.165) is 21.7 Å². The average Bonchev–Trinajstić information content (AvgIpc) is 2.37. The number of nitrogens with zero attached hydrogens (tertiary/aromatic N) is 2. The Morgan fingerprint density at radius 2 is 1.88 bits per heavy atom. The van der Waals surface area contributed by atoms with E-state index in [4.69, 9.17) is 0 Å². The van der Waals surface area contributed by atoms with E-state index in [2.05, 4.69) is 9.97 Å². The van der Waals surface area contributed by atoms with Crippen LogP contribution in [0, 0.1) is 0 Å². The monoisotopic (exact) mass is 222 g/mol. The molecule has 17 heavy (non-hydrogen) atoms. The number of benzene rings is 1. The van der Waals surface area contributed by atoms with Gasteiger partial charge < -0.3 is 0 Å². The molecule has 0 aliphatic heterocycles. The molecule has 2 aromatic heterocycles. The first kappa shape index (κ1) is 9.90. The van der Waals surface area contributed by atoms with Gasteiger partial charge in [-0.25, -0.2) is 4.98 Å². The molecule has 0 spiro atoms. The van der Waals surface area contributed by atoms with Gasteiger partial charge in [-0.2, -0.15) is 0 Å². The van der Waals surface area contributed by atoms with E-state index in [9.17, 15) is 4.79 Å². The van der Waals surface area contributed by atoms with Gasteiger partial charge in [-0.3, -0.25) is 9.78 Å². The molecule has 0 aliphatic carbocycles. The normalized spacial score (nSPS) is 10.9. The molecule has 1 aromatic carbocycles. The van der Waals surface area contributed by atoms with Crippen LogP contribution in [0.15, 0.2) is 42.7 Å². The molecule has 0 atom stereocenters. The summed E-state index contributed by atoms with van der Waals surface area (Å²) >= 11 is 0. The molecule has 82 valence electrons. The lowest BCUT2D eigenvalue weighted by Gasteiger charge is -2.06. The van der Waals surface area contributed by atoms with Crippen molar-refractivity contribution in [3.63, 3.8) is 0 Å². The number of hydrogen-bond donors (Lipinski definition) is 0. The van der Waals surface area contributed by atoms with Crippen LogP contribution in [0.2, 0.25) is 0 Å². The van der Waals surface area contributed by atoms with Crippen molar-refractivity contribution < 1.29 is 4.79 Å². The third-order valence-electron chi connectivity index (χ3n) is 2.84. The van der Waals surface area contributed by atoms with Gasteiger partial charge in [0.15, 0.2) is 5.78 Å². The van der Waals surface area contributed by atoms with Crippen molar-refractivity contribution in [1.82, 2.24) is 9.97 Å². The predicted molar refractivity (Wildman–Crippen MR) is 67.0 cm³/mol. The molecule has 3 rings (SSSR count). The number of carbonyl (C=O) groups excluding carboxylic acids is 1. The number of aromatic nitrogens is 2.